The number of halogens is 2. The lowest BCUT2D eigenvalue weighted by Crippen LogP contribution is -2.41. The summed E-state index contributed by atoms with van der Waals surface area (Å²) in [6.45, 7) is 3.91. The molecule has 2 rings (SSSR count). The van der Waals surface area contributed by atoms with E-state index in [1.165, 1.54) is 30.3 Å². The minimum atomic E-state index is -0.582. The number of nitrogens with two attached hydrogens (primary N) is 1. The fourth-order valence-corrected chi connectivity index (χ4v) is 2.99. The van der Waals surface area contributed by atoms with Gasteiger partial charge in [-0.25, -0.2) is 4.39 Å². The van der Waals surface area contributed by atoms with E-state index < -0.39 is 22.7 Å². The van der Waals surface area contributed by atoms with Crippen molar-refractivity contribution in [2.75, 3.05) is 0 Å². The monoisotopic (exact) mass is 423 g/mol. The second kappa shape index (κ2) is 10.2. The van der Waals surface area contributed by atoms with Crippen molar-refractivity contribution in [3.05, 3.63) is 68.5 Å². The van der Waals surface area contributed by atoms with Gasteiger partial charge < -0.3 is 15.8 Å². The summed E-state index contributed by atoms with van der Waals surface area (Å²) in [6, 6.07) is 8.09. The van der Waals surface area contributed by atoms with Gasteiger partial charge in [0.25, 0.3) is 0 Å². The van der Waals surface area contributed by atoms with Gasteiger partial charge in [0.1, 0.15) is 12.4 Å². The van der Waals surface area contributed by atoms with Crippen molar-refractivity contribution in [3.8, 4) is 5.75 Å². The third-order valence-electron chi connectivity index (χ3n) is 4.26. The summed E-state index contributed by atoms with van der Waals surface area (Å²) in [5.41, 5.74) is 5.84. The molecule has 1 atom stereocenters. The number of carbonyl (C=O) groups is 1. The number of nitrogens with one attached hydrogen (secondary N) is 1. The molecular formula is C20H23ClFN3O4. The van der Waals surface area contributed by atoms with Crippen LogP contribution in [0, 0.1) is 21.8 Å². The summed E-state index contributed by atoms with van der Waals surface area (Å²) in [6.07, 6.45) is 0.558. The van der Waals surface area contributed by atoms with Crippen LogP contribution >= 0.6 is 11.6 Å². The van der Waals surface area contributed by atoms with Crippen LogP contribution in [0.2, 0.25) is 5.02 Å². The number of nitro groups is 1. The second-order valence-corrected chi connectivity index (χ2v) is 7.42. The van der Waals surface area contributed by atoms with Crippen LogP contribution in [0.3, 0.4) is 0 Å². The number of nitro benzene ring substituents is 1. The Morgan fingerprint density at radius 3 is 2.66 bits per heavy atom. The second-order valence-electron chi connectivity index (χ2n) is 7.01. The highest BCUT2D eigenvalue weighted by Crippen LogP contribution is 2.30. The summed E-state index contributed by atoms with van der Waals surface area (Å²) in [5.74, 6) is -0.777. The Morgan fingerprint density at radius 1 is 1.34 bits per heavy atom. The Hall–Kier alpha value is -2.71. The molecule has 0 saturated heterocycles. The molecule has 2 aromatic rings. The maximum atomic E-state index is 13.9. The lowest BCUT2D eigenvalue weighted by Gasteiger charge is -2.17. The number of hydrogen-bond donors (Lipinski definition) is 2. The Bertz CT molecular complexity index is 872. The molecule has 29 heavy (non-hydrogen) atoms. The van der Waals surface area contributed by atoms with Crippen molar-refractivity contribution in [1.82, 2.24) is 5.32 Å². The predicted molar refractivity (Wildman–Crippen MR) is 108 cm³/mol. The first-order chi connectivity index (χ1) is 13.7. The summed E-state index contributed by atoms with van der Waals surface area (Å²) in [7, 11) is 0. The average Bonchev–Trinajstić information content (AvgIpc) is 2.64. The van der Waals surface area contributed by atoms with Crippen LogP contribution in [0.5, 0.6) is 5.75 Å². The number of amides is 1. The number of carbonyl (C=O) groups excluding carboxylic acids is 1. The topological polar surface area (TPSA) is 107 Å². The molecule has 0 bridgehead atoms. The molecule has 0 aliphatic rings. The van der Waals surface area contributed by atoms with Gasteiger partial charge in [0, 0.05) is 18.2 Å². The van der Waals surface area contributed by atoms with Gasteiger partial charge in [-0.2, -0.15) is 0 Å². The fourth-order valence-electron chi connectivity index (χ4n) is 2.77. The van der Waals surface area contributed by atoms with Crippen molar-refractivity contribution in [1.29, 1.82) is 0 Å². The number of benzene rings is 2. The zero-order valence-electron chi connectivity index (χ0n) is 16.2. The maximum absolute atomic E-state index is 13.9. The minimum absolute atomic E-state index is 0.00768. The van der Waals surface area contributed by atoms with Gasteiger partial charge in [0.2, 0.25) is 5.91 Å². The predicted octanol–water partition coefficient (Wildman–Crippen LogP) is 3.96. The van der Waals surface area contributed by atoms with Crippen LogP contribution in [0.4, 0.5) is 10.1 Å². The highest BCUT2D eigenvalue weighted by Gasteiger charge is 2.20. The summed E-state index contributed by atoms with van der Waals surface area (Å²) >= 11 is 5.96. The molecule has 0 aliphatic carbocycles. The summed E-state index contributed by atoms with van der Waals surface area (Å²) in [5, 5.41) is 14.6. The van der Waals surface area contributed by atoms with Gasteiger partial charge in [0.15, 0.2) is 5.75 Å². The molecule has 0 heterocycles. The van der Waals surface area contributed by atoms with E-state index in [0.717, 1.165) is 0 Å². The zero-order valence-corrected chi connectivity index (χ0v) is 16.9. The van der Waals surface area contributed by atoms with Gasteiger partial charge in [-0.3, -0.25) is 14.9 Å². The highest BCUT2D eigenvalue weighted by molar-refractivity contribution is 6.31. The fraction of sp³-hybridized carbons (Fsp3) is 0.350. The first kappa shape index (κ1) is 22.6. The molecule has 0 aromatic heterocycles. The maximum Gasteiger partial charge on any atom is 0.311 e. The Morgan fingerprint density at radius 2 is 2.07 bits per heavy atom. The minimum Gasteiger partial charge on any atom is -0.482 e. The van der Waals surface area contributed by atoms with E-state index >= 15 is 0 Å². The van der Waals surface area contributed by atoms with Gasteiger partial charge in [-0.15, -0.1) is 0 Å². The Labute approximate surface area is 173 Å². The van der Waals surface area contributed by atoms with Crippen LogP contribution in [0.25, 0.3) is 0 Å². The normalized spacial score (nSPS) is 12.0. The first-order valence-electron chi connectivity index (χ1n) is 9.04. The molecule has 156 valence electrons. The molecule has 0 radical (unpaired) electrons. The van der Waals surface area contributed by atoms with E-state index in [1.807, 2.05) is 13.8 Å². The lowest BCUT2D eigenvalue weighted by molar-refractivity contribution is -0.386. The van der Waals surface area contributed by atoms with Gasteiger partial charge in [-0.1, -0.05) is 37.6 Å². The third kappa shape index (κ3) is 6.40. The average molecular weight is 424 g/mol. The molecule has 0 aliphatic heterocycles. The molecular weight excluding hydrogens is 401 g/mol. The van der Waals surface area contributed by atoms with E-state index in [2.05, 4.69) is 5.32 Å². The van der Waals surface area contributed by atoms with E-state index in [-0.39, 0.29) is 41.1 Å². The Kier molecular flexibility index (Phi) is 7.92. The molecule has 0 fully saturated rings. The van der Waals surface area contributed by atoms with Gasteiger partial charge in [0.05, 0.1) is 16.0 Å². The van der Waals surface area contributed by atoms with Crippen LogP contribution in [0.15, 0.2) is 36.4 Å². The molecule has 1 unspecified atom stereocenters. The largest absolute Gasteiger partial charge is 0.482 e. The Balaban J connectivity index is 2.14. The van der Waals surface area contributed by atoms with Crippen molar-refractivity contribution < 1.29 is 18.8 Å². The zero-order chi connectivity index (χ0) is 21.6. The number of hydrogen-bond acceptors (Lipinski definition) is 5. The molecule has 0 saturated carbocycles. The molecule has 1 amide bonds. The van der Waals surface area contributed by atoms with Crippen LogP contribution in [-0.4, -0.2) is 16.9 Å². The SMILES string of the molecule is CC(C)CC(NCc1ccc(OCc2c(F)cccc2Cl)c([N+](=O)[O-])c1)C(N)=O. The van der Waals surface area contributed by atoms with E-state index in [9.17, 15) is 19.3 Å². The summed E-state index contributed by atoms with van der Waals surface area (Å²) < 4.78 is 19.3. The number of rotatable bonds is 10. The van der Waals surface area contributed by atoms with E-state index in [1.54, 1.807) is 6.07 Å². The van der Waals surface area contributed by atoms with Gasteiger partial charge >= 0.3 is 5.69 Å². The first-order valence-corrected chi connectivity index (χ1v) is 9.42. The smallest absolute Gasteiger partial charge is 0.311 e. The summed E-state index contributed by atoms with van der Waals surface area (Å²) in [4.78, 5) is 22.4. The molecule has 0 spiro atoms. The third-order valence-corrected chi connectivity index (χ3v) is 4.61. The van der Waals surface area contributed by atoms with Gasteiger partial charge in [-0.05, 0) is 36.1 Å². The van der Waals surface area contributed by atoms with Crippen molar-refractivity contribution in [2.45, 2.75) is 39.5 Å². The molecule has 9 heteroatoms. The molecule has 3 N–H and O–H groups in total. The lowest BCUT2D eigenvalue weighted by atomic mass is 10.0. The molecule has 7 nitrogen and oxygen atoms in total. The van der Waals surface area contributed by atoms with Crippen molar-refractivity contribution in [2.24, 2.45) is 11.7 Å². The van der Waals surface area contributed by atoms with E-state index in [4.69, 9.17) is 22.1 Å². The number of primary amides is 1. The van der Waals surface area contributed by atoms with Crippen LogP contribution in [-0.2, 0) is 17.9 Å². The van der Waals surface area contributed by atoms with Crippen molar-refractivity contribution >= 4 is 23.2 Å². The van der Waals surface area contributed by atoms with E-state index in [0.29, 0.717) is 12.0 Å². The van der Waals surface area contributed by atoms with Crippen LogP contribution < -0.4 is 15.8 Å². The highest BCUT2D eigenvalue weighted by atomic mass is 35.5. The standard InChI is InChI=1S/C20H23ClFN3O4/c1-12(2)8-17(20(23)26)24-10-13-6-7-19(18(9-13)25(27)28)29-11-14-15(21)4-3-5-16(14)22/h3-7,9,12,17,24H,8,10-11H2,1-2H3,(H2,23,26). The number of nitrogens with zero attached hydrogens (tertiary/aromatic N) is 1. The van der Waals surface area contributed by atoms with Crippen molar-refractivity contribution in [3.63, 3.8) is 0 Å². The quantitative estimate of drug-likeness (QED) is 0.444. The van der Waals surface area contributed by atoms with Crippen LogP contribution in [0.1, 0.15) is 31.4 Å². The number of ether oxygens (including phenoxy) is 1. The molecule has 2 aromatic carbocycles.